The normalized spacial score (nSPS) is 12.3. The molecule has 0 atom stereocenters. The van der Waals surface area contributed by atoms with Crippen molar-refractivity contribution in [2.45, 2.75) is 6.18 Å². The van der Waals surface area contributed by atoms with E-state index in [1.165, 1.54) is 0 Å². The highest BCUT2D eigenvalue weighted by molar-refractivity contribution is 7.17. The van der Waals surface area contributed by atoms with E-state index in [-0.39, 0.29) is 15.4 Å². The second kappa shape index (κ2) is 3.06. The lowest BCUT2D eigenvalue weighted by Crippen LogP contribution is -2.03. The molecule has 0 fully saturated rings. The highest BCUT2D eigenvalue weighted by Gasteiger charge is 2.34. The van der Waals surface area contributed by atoms with Gasteiger partial charge in [-0.25, -0.2) is 9.97 Å². The summed E-state index contributed by atoms with van der Waals surface area (Å²) >= 11 is 6.46. The maximum atomic E-state index is 12.4. The standard InChI is InChI=1S/C7H2ClF3N2S/c8-5-4-3(7(9,10)11)1-14-6(4)13-2-12-5/h1-2H. The molecule has 74 valence electrons. The molecule has 0 amide bonds. The fraction of sp³-hybridized carbons (Fsp3) is 0.143. The van der Waals surface area contributed by atoms with Gasteiger partial charge >= 0.3 is 6.18 Å². The van der Waals surface area contributed by atoms with Gasteiger partial charge in [0.2, 0.25) is 0 Å². The topological polar surface area (TPSA) is 25.8 Å². The van der Waals surface area contributed by atoms with Crippen LogP contribution in [0.2, 0.25) is 5.15 Å². The number of hydrogen-bond acceptors (Lipinski definition) is 3. The molecule has 0 aliphatic rings. The molecule has 2 nitrogen and oxygen atoms in total. The average molecular weight is 239 g/mol. The van der Waals surface area contributed by atoms with Crippen LogP contribution in [-0.4, -0.2) is 9.97 Å². The first-order chi connectivity index (χ1) is 6.50. The van der Waals surface area contributed by atoms with E-state index in [1.807, 2.05) is 0 Å². The van der Waals surface area contributed by atoms with Crippen molar-refractivity contribution in [3.05, 3.63) is 22.4 Å². The van der Waals surface area contributed by atoms with Crippen LogP contribution in [0.25, 0.3) is 10.2 Å². The first-order valence-electron chi connectivity index (χ1n) is 3.45. The second-order valence-corrected chi connectivity index (χ2v) is 3.71. The summed E-state index contributed by atoms with van der Waals surface area (Å²) < 4.78 is 37.3. The van der Waals surface area contributed by atoms with E-state index in [0.717, 1.165) is 23.0 Å². The number of fused-ring (bicyclic) bond motifs is 1. The Hall–Kier alpha value is -0.880. The lowest BCUT2D eigenvalue weighted by Gasteiger charge is -2.04. The van der Waals surface area contributed by atoms with Crippen molar-refractivity contribution in [2.24, 2.45) is 0 Å². The van der Waals surface area contributed by atoms with Gasteiger partial charge in [-0.05, 0) is 0 Å². The number of halogens is 4. The smallest absolute Gasteiger partial charge is 0.225 e. The summed E-state index contributed by atoms with van der Waals surface area (Å²) in [4.78, 5) is 7.46. The Bertz CT molecular complexity index is 479. The van der Waals surface area contributed by atoms with Crippen LogP contribution in [0, 0.1) is 0 Å². The predicted octanol–water partition coefficient (Wildman–Crippen LogP) is 3.36. The van der Waals surface area contributed by atoms with Crippen LogP contribution in [-0.2, 0) is 6.18 Å². The van der Waals surface area contributed by atoms with Gasteiger partial charge in [-0.15, -0.1) is 11.3 Å². The minimum atomic E-state index is -4.41. The zero-order chi connectivity index (χ0) is 10.3. The molecule has 0 spiro atoms. The molecule has 14 heavy (non-hydrogen) atoms. The largest absolute Gasteiger partial charge is 0.417 e. The molecule has 7 heteroatoms. The Morgan fingerprint density at radius 2 is 2.00 bits per heavy atom. The molecule has 0 bridgehead atoms. The summed E-state index contributed by atoms with van der Waals surface area (Å²) in [5, 5.41) is 0.709. The van der Waals surface area contributed by atoms with Crippen molar-refractivity contribution in [1.82, 2.24) is 9.97 Å². The molecule has 0 saturated carbocycles. The van der Waals surface area contributed by atoms with Gasteiger partial charge in [0.1, 0.15) is 16.3 Å². The van der Waals surface area contributed by atoms with E-state index < -0.39 is 11.7 Å². The summed E-state index contributed by atoms with van der Waals surface area (Å²) in [5.74, 6) is 0. The van der Waals surface area contributed by atoms with Crippen LogP contribution in [0.4, 0.5) is 13.2 Å². The molecule has 2 aromatic heterocycles. The van der Waals surface area contributed by atoms with Crippen LogP contribution in [0.1, 0.15) is 5.56 Å². The molecule has 2 aromatic rings. The Labute approximate surface area is 85.4 Å². The van der Waals surface area contributed by atoms with E-state index in [4.69, 9.17) is 11.6 Å². The van der Waals surface area contributed by atoms with E-state index in [1.54, 1.807) is 0 Å². The maximum Gasteiger partial charge on any atom is 0.417 e. The number of alkyl halides is 3. The van der Waals surface area contributed by atoms with Crippen LogP contribution < -0.4 is 0 Å². The summed E-state index contributed by atoms with van der Waals surface area (Å²) in [6.07, 6.45) is -3.27. The van der Waals surface area contributed by atoms with Gasteiger partial charge in [0, 0.05) is 5.38 Å². The number of nitrogens with zero attached hydrogens (tertiary/aromatic N) is 2. The zero-order valence-electron chi connectivity index (χ0n) is 6.47. The quantitative estimate of drug-likeness (QED) is 0.658. The van der Waals surface area contributed by atoms with Crippen molar-refractivity contribution < 1.29 is 13.2 Å². The first kappa shape index (κ1) is 9.67. The van der Waals surface area contributed by atoms with Crippen LogP contribution in [0.5, 0.6) is 0 Å². The number of hydrogen-bond donors (Lipinski definition) is 0. The monoisotopic (exact) mass is 238 g/mol. The third-order valence-corrected chi connectivity index (χ3v) is 2.80. The van der Waals surface area contributed by atoms with E-state index >= 15 is 0 Å². The highest BCUT2D eigenvalue weighted by Crippen LogP contribution is 2.39. The molecule has 0 saturated heterocycles. The third-order valence-electron chi connectivity index (χ3n) is 1.63. The van der Waals surface area contributed by atoms with Crippen molar-refractivity contribution in [3.63, 3.8) is 0 Å². The van der Waals surface area contributed by atoms with Gasteiger partial charge in [-0.3, -0.25) is 0 Å². The minimum Gasteiger partial charge on any atom is -0.225 e. The number of rotatable bonds is 0. The van der Waals surface area contributed by atoms with E-state index in [2.05, 4.69) is 9.97 Å². The average Bonchev–Trinajstić information content (AvgIpc) is 2.47. The Morgan fingerprint density at radius 1 is 1.29 bits per heavy atom. The molecule has 0 N–H and O–H groups in total. The molecule has 0 radical (unpaired) electrons. The fourth-order valence-corrected chi connectivity index (χ4v) is 2.25. The van der Waals surface area contributed by atoms with E-state index in [0.29, 0.717) is 0 Å². The molecule has 2 rings (SSSR count). The van der Waals surface area contributed by atoms with Crippen LogP contribution >= 0.6 is 22.9 Å². The molecule has 0 aliphatic carbocycles. The van der Waals surface area contributed by atoms with E-state index in [9.17, 15) is 13.2 Å². The molecule has 0 aliphatic heterocycles. The third kappa shape index (κ3) is 1.44. The molecule has 0 aromatic carbocycles. The van der Waals surface area contributed by atoms with Gasteiger partial charge in [-0.1, -0.05) is 11.6 Å². The fourth-order valence-electron chi connectivity index (χ4n) is 1.05. The Morgan fingerprint density at radius 3 is 2.64 bits per heavy atom. The SMILES string of the molecule is FC(F)(F)c1csc2ncnc(Cl)c12. The lowest BCUT2D eigenvalue weighted by molar-refractivity contribution is -0.136. The van der Waals surface area contributed by atoms with Crippen molar-refractivity contribution in [1.29, 1.82) is 0 Å². The second-order valence-electron chi connectivity index (χ2n) is 2.49. The van der Waals surface area contributed by atoms with Gasteiger partial charge in [0.05, 0.1) is 10.9 Å². The van der Waals surface area contributed by atoms with Gasteiger partial charge in [0.25, 0.3) is 0 Å². The molecular formula is C7H2ClF3N2S. The van der Waals surface area contributed by atoms with Crippen LogP contribution in [0.3, 0.4) is 0 Å². The van der Waals surface area contributed by atoms with Gasteiger partial charge < -0.3 is 0 Å². The Balaban J connectivity index is 2.80. The van der Waals surface area contributed by atoms with Crippen molar-refractivity contribution >= 4 is 33.2 Å². The number of aromatic nitrogens is 2. The molecule has 2 heterocycles. The van der Waals surface area contributed by atoms with Gasteiger partial charge in [-0.2, -0.15) is 13.2 Å². The Kier molecular flexibility index (Phi) is 2.11. The first-order valence-corrected chi connectivity index (χ1v) is 4.71. The zero-order valence-corrected chi connectivity index (χ0v) is 8.04. The molecular weight excluding hydrogens is 237 g/mol. The summed E-state index contributed by atoms with van der Waals surface area (Å²) in [6, 6.07) is 0. The maximum absolute atomic E-state index is 12.4. The highest BCUT2D eigenvalue weighted by atomic mass is 35.5. The van der Waals surface area contributed by atoms with Gasteiger partial charge in [0.15, 0.2) is 0 Å². The minimum absolute atomic E-state index is 0.119. The molecule has 0 unspecified atom stereocenters. The van der Waals surface area contributed by atoms with Crippen molar-refractivity contribution in [2.75, 3.05) is 0 Å². The summed E-state index contributed by atoms with van der Waals surface area (Å²) in [6.45, 7) is 0. The summed E-state index contributed by atoms with van der Waals surface area (Å²) in [7, 11) is 0. The predicted molar refractivity (Wildman–Crippen MR) is 47.4 cm³/mol. The number of thiophene rings is 1. The van der Waals surface area contributed by atoms with Crippen molar-refractivity contribution in [3.8, 4) is 0 Å². The van der Waals surface area contributed by atoms with Crippen LogP contribution in [0.15, 0.2) is 11.7 Å². The lowest BCUT2D eigenvalue weighted by atomic mass is 10.2. The summed E-state index contributed by atoms with van der Waals surface area (Å²) in [5.41, 5.74) is -0.775.